The Bertz CT molecular complexity index is 1340. The first-order valence-electron chi connectivity index (χ1n) is 11.1. The number of nitrogens with one attached hydrogen (secondary N) is 1. The summed E-state index contributed by atoms with van der Waals surface area (Å²) in [5.41, 5.74) is 2.59. The molecule has 8 nitrogen and oxygen atoms in total. The summed E-state index contributed by atoms with van der Waals surface area (Å²) >= 11 is 0. The van der Waals surface area contributed by atoms with Crippen LogP contribution >= 0.6 is 0 Å². The van der Waals surface area contributed by atoms with Gasteiger partial charge in [-0.2, -0.15) is 9.29 Å². The van der Waals surface area contributed by atoms with Crippen LogP contribution in [-0.2, 0) is 15.4 Å². The Morgan fingerprint density at radius 2 is 1.79 bits per heavy atom. The van der Waals surface area contributed by atoms with Crippen LogP contribution in [0.4, 0.5) is 6.01 Å². The van der Waals surface area contributed by atoms with Gasteiger partial charge in [0.25, 0.3) is 11.9 Å². The van der Waals surface area contributed by atoms with Gasteiger partial charge in [0.1, 0.15) is 5.52 Å². The number of hydrogen-bond donors (Lipinski definition) is 1. The van der Waals surface area contributed by atoms with Crippen molar-refractivity contribution < 1.29 is 17.6 Å². The van der Waals surface area contributed by atoms with Gasteiger partial charge in [-0.25, -0.2) is 8.42 Å². The molecule has 1 aromatic heterocycles. The highest BCUT2D eigenvalue weighted by atomic mass is 32.2. The first-order valence-corrected chi connectivity index (χ1v) is 12.5. The van der Waals surface area contributed by atoms with E-state index >= 15 is 0 Å². The second-order valence-electron chi connectivity index (χ2n) is 9.23. The van der Waals surface area contributed by atoms with E-state index in [2.05, 4.69) is 37.0 Å². The lowest BCUT2D eigenvalue weighted by molar-refractivity contribution is 0.0959. The zero-order chi connectivity index (χ0) is 24.5. The average molecular weight is 481 g/mol. The van der Waals surface area contributed by atoms with Crippen LogP contribution in [0.25, 0.3) is 11.1 Å². The van der Waals surface area contributed by atoms with Gasteiger partial charge in [-0.1, -0.05) is 38.8 Å². The standard InChI is InChI=1S/C25H28N4O4S/c1-5-12-26-23(30)18-6-11-22-21(17-18)27-24(33-22)28-13-15-29(16-14-28)34(31,32)20-9-7-19(8-10-20)25(2,3)4/h1,6-11,17H,12-16H2,2-4H3,(H,26,30). The summed E-state index contributed by atoms with van der Waals surface area (Å²) in [5, 5.41) is 2.62. The molecule has 9 heteroatoms. The lowest BCUT2D eigenvalue weighted by Crippen LogP contribution is -2.48. The van der Waals surface area contributed by atoms with Gasteiger partial charge in [-0.05, 0) is 41.3 Å². The zero-order valence-electron chi connectivity index (χ0n) is 19.5. The van der Waals surface area contributed by atoms with E-state index in [-0.39, 0.29) is 17.9 Å². The minimum atomic E-state index is -3.58. The van der Waals surface area contributed by atoms with Crippen LogP contribution in [0.5, 0.6) is 0 Å². The first kappa shape index (κ1) is 23.8. The van der Waals surface area contributed by atoms with E-state index < -0.39 is 10.0 Å². The number of anilines is 1. The van der Waals surface area contributed by atoms with Crippen molar-refractivity contribution in [2.45, 2.75) is 31.1 Å². The number of amides is 1. The molecule has 1 amide bonds. The normalized spacial score (nSPS) is 15.3. The fourth-order valence-electron chi connectivity index (χ4n) is 3.82. The maximum absolute atomic E-state index is 13.1. The molecule has 0 atom stereocenters. The Morgan fingerprint density at radius 1 is 1.12 bits per heavy atom. The van der Waals surface area contributed by atoms with Crippen molar-refractivity contribution in [2.24, 2.45) is 0 Å². The largest absolute Gasteiger partial charge is 0.423 e. The summed E-state index contributed by atoms with van der Waals surface area (Å²) in [7, 11) is -3.58. The van der Waals surface area contributed by atoms with Gasteiger partial charge >= 0.3 is 0 Å². The number of terminal acetylenes is 1. The first-order chi connectivity index (χ1) is 16.1. The Balaban J connectivity index is 1.45. The van der Waals surface area contributed by atoms with Crippen molar-refractivity contribution in [3.63, 3.8) is 0 Å². The van der Waals surface area contributed by atoms with Crippen LogP contribution in [0.15, 0.2) is 51.8 Å². The molecule has 2 heterocycles. The molecule has 2 aromatic carbocycles. The zero-order valence-corrected chi connectivity index (χ0v) is 20.4. The monoisotopic (exact) mass is 480 g/mol. The molecule has 0 unspecified atom stereocenters. The van der Waals surface area contributed by atoms with Crippen molar-refractivity contribution in [1.82, 2.24) is 14.6 Å². The second-order valence-corrected chi connectivity index (χ2v) is 11.2. The number of aromatic nitrogens is 1. The van der Waals surface area contributed by atoms with Gasteiger partial charge < -0.3 is 14.6 Å². The number of piperazine rings is 1. The quantitative estimate of drug-likeness (QED) is 0.564. The van der Waals surface area contributed by atoms with Gasteiger partial charge in [0.15, 0.2) is 5.58 Å². The molecule has 1 saturated heterocycles. The van der Waals surface area contributed by atoms with Crippen molar-refractivity contribution in [2.75, 3.05) is 37.6 Å². The van der Waals surface area contributed by atoms with Crippen LogP contribution < -0.4 is 10.2 Å². The van der Waals surface area contributed by atoms with E-state index in [1.807, 2.05) is 17.0 Å². The number of carbonyl (C=O) groups excluding carboxylic acids is 1. The van der Waals surface area contributed by atoms with Gasteiger partial charge in [0, 0.05) is 31.7 Å². The van der Waals surface area contributed by atoms with Gasteiger partial charge in [0.2, 0.25) is 10.0 Å². The molecule has 1 N–H and O–H groups in total. The Labute approximate surface area is 200 Å². The fourth-order valence-corrected chi connectivity index (χ4v) is 5.24. The molecule has 3 aromatic rings. The molecule has 0 aliphatic carbocycles. The van der Waals surface area contributed by atoms with Crippen LogP contribution in [0.1, 0.15) is 36.7 Å². The number of oxazole rings is 1. The van der Waals surface area contributed by atoms with Gasteiger partial charge in [-0.15, -0.1) is 6.42 Å². The molecule has 1 aliphatic heterocycles. The summed E-state index contributed by atoms with van der Waals surface area (Å²) in [6, 6.07) is 12.5. The maximum Gasteiger partial charge on any atom is 0.298 e. The molecular formula is C25H28N4O4S. The third-order valence-corrected chi connectivity index (χ3v) is 7.77. The number of hydrogen-bond acceptors (Lipinski definition) is 6. The van der Waals surface area contributed by atoms with Gasteiger partial charge in [-0.3, -0.25) is 4.79 Å². The maximum atomic E-state index is 13.1. The predicted octanol–water partition coefficient (Wildman–Crippen LogP) is 3.00. The van der Waals surface area contributed by atoms with Crippen molar-refractivity contribution in [1.29, 1.82) is 0 Å². The van der Waals surface area contributed by atoms with Gasteiger partial charge in [0.05, 0.1) is 11.4 Å². The van der Waals surface area contributed by atoms with Crippen molar-refractivity contribution >= 4 is 33.0 Å². The number of nitrogens with zero attached hydrogens (tertiary/aromatic N) is 3. The van der Waals surface area contributed by atoms with E-state index in [9.17, 15) is 13.2 Å². The molecular weight excluding hydrogens is 452 g/mol. The number of fused-ring (bicyclic) bond motifs is 1. The molecule has 0 bridgehead atoms. The molecule has 4 rings (SSSR count). The molecule has 0 radical (unpaired) electrons. The van der Waals surface area contributed by atoms with E-state index in [4.69, 9.17) is 10.8 Å². The summed E-state index contributed by atoms with van der Waals surface area (Å²) in [5.74, 6) is 2.09. The highest BCUT2D eigenvalue weighted by Crippen LogP contribution is 2.27. The topological polar surface area (TPSA) is 95.8 Å². The Morgan fingerprint density at radius 3 is 2.41 bits per heavy atom. The van der Waals surface area contributed by atoms with Crippen LogP contribution in [0, 0.1) is 12.3 Å². The average Bonchev–Trinajstić information content (AvgIpc) is 3.25. The minimum Gasteiger partial charge on any atom is -0.423 e. The Kier molecular flexibility index (Phi) is 6.39. The molecule has 1 aliphatic rings. The smallest absolute Gasteiger partial charge is 0.298 e. The predicted molar refractivity (Wildman–Crippen MR) is 131 cm³/mol. The third kappa shape index (κ3) is 4.79. The lowest BCUT2D eigenvalue weighted by atomic mass is 9.87. The SMILES string of the molecule is C#CCNC(=O)c1ccc2oc(N3CCN(S(=O)(=O)c4ccc(C(C)(C)C)cc4)CC3)nc2c1. The summed E-state index contributed by atoms with van der Waals surface area (Å²) in [4.78, 5) is 18.8. The molecule has 178 valence electrons. The lowest BCUT2D eigenvalue weighted by Gasteiger charge is -2.33. The van der Waals surface area contributed by atoms with E-state index in [1.54, 1.807) is 30.3 Å². The number of benzene rings is 2. The summed E-state index contributed by atoms with van der Waals surface area (Å²) < 4.78 is 33.6. The number of sulfonamides is 1. The van der Waals surface area contributed by atoms with Crippen LogP contribution in [0.2, 0.25) is 0 Å². The number of rotatable bonds is 5. The summed E-state index contributed by atoms with van der Waals surface area (Å²) in [6.07, 6.45) is 5.18. The van der Waals surface area contributed by atoms with E-state index in [1.165, 1.54) is 4.31 Å². The van der Waals surface area contributed by atoms with Crippen molar-refractivity contribution in [3.8, 4) is 12.3 Å². The number of carbonyl (C=O) groups is 1. The highest BCUT2D eigenvalue weighted by molar-refractivity contribution is 7.89. The van der Waals surface area contributed by atoms with E-state index in [0.717, 1.165) is 5.56 Å². The summed E-state index contributed by atoms with van der Waals surface area (Å²) in [6.45, 7) is 7.96. The van der Waals surface area contributed by atoms with Crippen LogP contribution in [0.3, 0.4) is 0 Å². The second kappa shape index (κ2) is 9.12. The fraction of sp³-hybridized carbons (Fsp3) is 0.360. The Hall–Kier alpha value is -3.35. The van der Waals surface area contributed by atoms with Crippen LogP contribution in [-0.4, -0.2) is 56.3 Å². The molecule has 34 heavy (non-hydrogen) atoms. The third-order valence-electron chi connectivity index (χ3n) is 5.86. The molecule has 1 fully saturated rings. The van der Waals surface area contributed by atoms with Crippen molar-refractivity contribution in [3.05, 3.63) is 53.6 Å². The highest BCUT2D eigenvalue weighted by Gasteiger charge is 2.30. The molecule has 0 spiro atoms. The molecule has 0 saturated carbocycles. The van der Waals surface area contributed by atoms with E-state index in [0.29, 0.717) is 53.8 Å². The minimum absolute atomic E-state index is 0.0419.